The molecule has 5 heteroatoms. The monoisotopic (exact) mass is 310 g/mol. The summed E-state index contributed by atoms with van der Waals surface area (Å²) in [4.78, 5) is 2.79. The highest BCUT2D eigenvalue weighted by Crippen LogP contribution is 2.24. The normalized spacial score (nSPS) is 18.9. The van der Waals surface area contributed by atoms with Gasteiger partial charge in [-0.25, -0.2) is 8.42 Å². The average molecular weight is 310 g/mol. The first-order chi connectivity index (χ1) is 9.62. The molecule has 0 atom stereocenters. The van der Waals surface area contributed by atoms with Gasteiger partial charge >= 0.3 is 0 Å². The predicted octanol–water partition coefficient (Wildman–Crippen LogP) is 2.41. The molecule has 0 amide bonds. The van der Waals surface area contributed by atoms with E-state index >= 15 is 0 Å². The van der Waals surface area contributed by atoms with Gasteiger partial charge in [0.05, 0.1) is 4.90 Å². The molecule has 1 fully saturated rings. The number of sulfonamides is 1. The van der Waals surface area contributed by atoms with Crippen LogP contribution < -0.4 is 0 Å². The average Bonchev–Trinajstić information content (AvgIpc) is 2.40. The number of piperazine rings is 1. The Morgan fingerprint density at radius 2 is 1.57 bits per heavy atom. The molecule has 118 valence electrons. The summed E-state index contributed by atoms with van der Waals surface area (Å²) >= 11 is 0. The van der Waals surface area contributed by atoms with Gasteiger partial charge in [0.25, 0.3) is 0 Å². The second kappa shape index (κ2) is 5.71. The third-order valence-electron chi connectivity index (χ3n) is 4.15. The molecule has 21 heavy (non-hydrogen) atoms. The SMILES string of the molecule is Cc1ccc(C)c(S(=O)(=O)N2CCN(C(C)(C)C)CC2)c1. The highest BCUT2D eigenvalue weighted by atomic mass is 32.2. The Bertz CT molecular complexity index is 610. The van der Waals surface area contributed by atoms with Crippen LogP contribution in [0.2, 0.25) is 0 Å². The molecule has 0 bridgehead atoms. The maximum absolute atomic E-state index is 12.8. The summed E-state index contributed by atoms with van der Waals surface area (Å²) in [6.07, 6.45) is 0. The van der Waals surface area contributed by atoms with E-state index in [0.29, 0.717) is 18.0 Å². The molecule has 1 aromatic carbocycles. The first kappa shape index (κ1) is 16.5. The van der Waals surface area contributed by atoms with Crippen LogP contribution in [-0.2, 0) is 10.0 Å². The van der Waals surface area contributed by atoms with Gasteiger partial charge in [-0.1, -0.05) is 12.1 Å². The largest absolute Gasteiger partial charge is 0.296 e. The number of hydrogen-bond donors (Lipinski definition) is 0. The van der Waals surface area contributed by atoms with Gasteiger partial charge in [0.1, 0.15) is 0 Å². The van der Waals surface area contributed by atoms with Crippen molar-refractivity contribution in [3.63, 3.8) is 0 Å². The Balaban J connectivity index is 2.21. The van der Waals surface area contributed by atoms with E-state index in [2.05, 4.69) is 25.7 Å². The van der Waals surface area contributed by atoms with E-state index in [0.717, 1.165) is 24.2 Å². The lowest BCUT2D eigenvalue weighted by atomic mass is 10.1. The summed E-state index contributed by atoms with van der Waals surface area (Å²) in [5.41, 5.74) is 1.89. The molecule has 1 aromatic rings. The van der Waals surface area contributed by atoms with Crippen LogP contribution in [0.3, 0.4) is 0 Å². The lowest BCUT2D eigenvalue weighted by Gasteiger charge is -2.41. The van der Waals surface area contributed by atoms with Crippen molar-refractivity contribution in [3.05, 3.63) is 29.3 Å². The summed E-state index contributed by atoms with van der Waals surface area (Å²) in [7, 11) is -3.38. The Labute approximate surface area is 128 Å². The van der Waals surface area contributed by atoms with E-state index in [-0.39, 0.29) is 5.54 Å². The van der Waals surface area contributed by atoms with Gasteiger partial charge in [-0.15, -0.1) is 0 Å². The summed E-state index contributed by atoms with van der Waals surface area (Å²) < 4.78 is 27.3. The fourth-order valence-electron chi connectivity index (χ4n) is 2.72. The molecule has 1 aliphatic rings. The van der Waals surface area contributed by atoms with Gasteiger partial charge in [0.15, 0.2) is 0 Å². The van der Waals surface area contributed by atoms with E-state index in [1.165, 1.54) is 0 Å². The van der Waals surface area contributed by atoms with Crippen molar-refractivity contribution in [3.8, 4) is 0 Å². The Morgan fingerprint density at radius 1 is 1.00 bits per heavy atom. The minimum atomic E-state index is -3.38. The van der Waals surface area contributed by atoms with Gasteiger partial charge in [0, 0.05) is 31.7 Å². The molecule has 1 aliphatic heterocycles. The standard InChI is InChI=1S/C16H26N2O2S/c1-13-6-7-14(2)15(12-13)21(19,20)18-10-8-17(9-11-18)16(3,4)5/h6-7,12H,8-11H2,1-5H3. The minimum absolute atomic E-state index is 0.0924. The van der Waals surface area contributed by atoms with Crippen LogP contribution >= 0.6 is 0 Å². The van der Waals surface area contributed by atoms with Crippen LogP contribution in [-0.4, -0.2) is 49.3 Å². The zero-order valence-electron chi connectivity index (χ0n) is 13.7. The van der Waals surface area contributed by atoms with Gasteiger partial charge in [-0.2, -0.15) is 4.31 Å². The van der Waals surface area contributed by atoms with Crippen molar-refractivity contribution in [1.29, 1.82) is 0 Å². The smallest absolute Gasteiger partial charge is 0.243 e. The molecular formula is C16H26N2O2S. The molecule has 0 aliphatic carbocycles. The highest BCUT2D eigenvalue weighted by Gasteiger charge is 2.32. The number of benzene rings is 1. The van der Waals surface area contributed by atoms with Crippen LogP contribution in [0, 0.1) is 13.8 Å². The van der Waals surface area contributed by atoms with Crippen LogP contribution in [0.1, 0.15) is 31.9 Å². The molecule has 1 saturated heterocycles. The first-order valence-corrected chi connectivity index (χ1v) is 8.89. The van der Waals surface area contributed by atoms with E-state index < -0.39 is 10.0 Å². The predicted molar refractivity (Wildman–Crippen MR) is 86.0 cm³/mol. The number of rotatable bonds is 2. The lowest BCUT2D eigenvalue weighted by Crippen LogP contribution is -2.54. The van der Waals surface area contributed by atoms with Crippen molar-refractivity contribution in [2.45, 2.75) is 45.1 Å². The van der Waals surface area contributed by atoms with Gasteiger partial charge in [-0.3, -0.25) is 4.90 Å². The molecule has 4 nitrogen and oxygen atoms in total. The fourth-order valence-corrected chi connectivity index (χ4v) is 4.46. The van der Waals surface area contributed by atoms with Crippen molar-refractivity contribution < 1.29 is 8.42 Å². The zero-order valence-corrected chi connectivity index (χ0v) is 14.5. The van der Waals surface area contributed by atoms with Crippen LogP contribution in [0.15, 0.2) is 23.1 Å². The van der Waals surface area contributed by atoms with Crippen molar-refractivity contribution in [1.82, 2.24) is 9.21 Å². The highest BCUT2D eigenvalue weighted by molar-refractivity contribution is 7.89. The molecule has 0 saturated carbocycles. The quantitative estimate of drug-likeness (QED) is 0.842. The third kappa shape index (κ3) is 3.47. The second-order valence-electron chi connectivity index (χ2n) is 6.83. The van der Waals surface area contributed by atoms with Crippen LogP contribution in [0.5, 0.6) is 0 Å². The van der Waals surface area contributed by atoms with Crippen LogP contribution in [0.25, 0.3) is 0 Å². The fraction of sp³-hybridized carbons (Fsp3) is 0.625. The maximum Gasteiger partial charge on any atom is 0.243 e. The summed E-state index contributed by atoms with van der Waals surface area (Å²) in [5.74, 6) is 0. The van der Waals surface area contributed by atoms with Crippen molar-refractivity contribution in [2.24, 2.45) is 0 Å². The zero-order chi connectivity index (χ0) is 15.8. The molecule has 0 aromatic heterocycles. The lowest BCUT2D eigenvalue weighted by molar-refractivity contribution is 0.0921. The number of nitrogens with zero attached hydrogens (tertiary/aromatic N) is 2. The molecule has 0 spiro atoms. The van der Waals surface area contributed by atoms with Gasteiger partial charge in [0.2, 0.25) is 10.0 Å². The molecule has 1 heterocycles. The molecular weight excluding hydrogens is 284 g/mol. The summed E-state index contributed by atoms with van der Waals surface area (Å²) in [6, 6.07) is 5.61. The Hall–Kier alpha value is -0.910. The topological polar surface area (TPSA) is 40.6 Å². The molecule has 0 radical (unpaired) electrons. The molecule has 2 rings (SSSR count). The van der Waals surface area contributed by atoms with Crippen LogP contribution in [0.4, 0.5) is 0 Å². The number of aryl methyl sites for hydroxylation is 2. The summed E-state index contributed by atoms with van der Waals surface area (Å²) in [5, 5.41) is 0. The van der Waals surface area contributed by atoms with E-state index in [1.54, 1.807) is 10.4 Å². The van der Waals surface area contributed by atoms with E-state index in [4.69, 9.17) is 0 Å². The molecule has 0 unspecified atom stereocenters. The summed E-state index contributed by atoms with van der Waals surface area (Å²) in [6.45, 7) is 13.0. The minimum Gasteiger partial charge on any atom is -0.296 e. The third-order valence-corrected chi connectivity index (χ3v) is 6.19. The molecule has 0 N–H and O–H groups in total. The van der Waals surface area contributed by atoms with Gasteiger partial charge in [-0.05, 0) is 51.8 Å². The van der Waals surface area contributed by atoms with Gasteiger partial charge < -0.3 is 0 Å². The van der Waals surface area contributed by atoms with Crippen molar-refractivity contribution in [2.75, 3.05) is 26.2 Å². The maximum atomic E-state index is 12.8. The van der Waals surface area contributed by atoms with Crippen molar-refractivity contribution >= 4 is 10.0 Å². The van der Waals surface area contributed by atoms with E-state index in [1.807, 2.05) is 26.0 Å². The Kier molecular flexibility index (Phi) is 4.47. The first-order valence-electron chi connectivity index (χ1n) is 7.45. The number of hydrogen-bond acceptors (Lipinski definition) is 3. The van der Waals surface area contributed by atoms with E-state index in [9.17, 15) is 8.42 Å². The second-order valence-corrected chi connectivity index (χ2v) is 8.74. The Morgan fingerprint density at radius 3 is 2.10 bits per heavy atom.